The topological polar surface area (TPSA) is 88.1 Å². The number of carbonyl (C=O) groups excluding carboxylic acids is 1. The molecule has 0 aromatic rings. The van der Waals surface area contributed by atoms with Crippen LogP contribution in [0.3, 0.4) is 0 Å². The Balaban J connectivity index is 2.73. The number of hydrogen-bond acceptors (Lipinski definition) is 5. The fourth-order valence-corrected chi connectivity index (χ4v) is 4.16. The van der Waals surface area contributed by atoms with Crippen LogP contribution < -0.4 is 5.09 Å². The van der Waals surface area contributed by atoms with Crippen molar-refractivity contribution in [3.05, 3.63) is 0 Å². The average molecular weight is 315 g/mol. The van der Waals surface area contributed by atoms with Gasteiger partial charge < -0.3 is 14.4 Å². The van der Waals surface area contributed by atoms with E-state index in [2.05, 4.69) is 5.09 Å². The van der Waals surface area contributed by atoms with Crippen LogP contribution in [0, 0.1) is 0 Å². The molecule has 0 amide bonds. The number of ether oxygens (including phenoxy) is 1. The molecule has 0 aromatic heterocycles. The zero-order valence-electron chi connectivity index (χ0n) is 10.9. The van der Waals surface area contributed by atoms with Crippen LogP contribution in [0.4, 0.5) is 0 Å². The van der Waals surface area contributed by atoms with E-state index < -0.39 is 26.3 Å². The van der Waals surface area contributed by atoms with E-state index >= 15 is 0 Å². The Morgan fingerprint density at radius 1 is 1.68 bits per heavy atom. The van der Waals surface area contributed by atoms with Crippen molar-refractivity contribution in [1.29, 1.82) is 0 Å². The highest BCUT2D eigenvalue weighted by molar-refractivity contribution is 7.54. The van der Waals surface area contributed by atoms with E-state index in [1.54, 1.807) is 11.6 Å². The van der Waals surface area contributed by atoms with Crippen molar-refractivity contribution in [2.75, 3.05) is 38.8 Å². The monoisotopic (exact) mass is 314 g/mol. The van der Waals surface area contributed by atoms with Gasteiger partial charge in [0.15, 0.2) is 0 Å². The van der Waals surface area contributed by atoms with E-state index in [-0.39, 0.29) is 6.61 Å². The van der Waals surface area contributed by atoms with E-state index in [0.717, 1.165) is 6.42 Å². The van der Waals surface area contributed by atoms with Crippen molar-refractivity contribution in [3.63, 3.8) is 0 Å². The normalized spacial score (nSPS) is 26.1. The second kappa shape index (κ2) is 8.19. The van der Waals surface area contributed by atoms with Crippen LogP contribution in [-0.2, 0) is 18.6 Å². The molecule has 0 aliphatic carbocycles. The Labute approximate surface area is 117 Å². The second-order valence-electron chi connectivity index (χ2n) is 3.97. The molecule has 2 unspecified atom stereocenters. The first-order valence-corrected chi connectivity index (χ1v) is 8.30. The Bertz CT molecular complexity index is 342. The van der Waals surface area contributed by atoms with Crippen molar-refractivity contribution in [3.8, 4) is 0 Å². The van der Waals surface area contributed by atoms with Crippen LogP contribution in [0.2, 0.25) is 0 Å². The van der Waals surface area contributed by atoms with Gasteiger partial charge >= 0.3 is 13.6 Å². The maximum Gasteiger partial charge on any atom is 0.344 e. The van der Waals surface area contributed by atoms with Gasteiger partial charge in [0.05, 0.1) is 19.8 Å². The lowest BCUT2D eigenvalue weighted by atomic mass is 10.3. The largest absolute Gasteiger partial charge is 0.465 e. The quantitative estimate of drug-likeness (QED) is 0.403. The van der Waals surface area contributed by atoms with E-state index in [9.17, 15) is 14.5 Å². The highest BCUT2D eigenvalue weighted by Crippen LogP contribution is 2.49. The molecule has 0 bridgehead atoms. The smallest absolute Gasteiger partial charge is 0.344 e. The number of alkyl halides is 1. The Morgan fingerprint density at radius 3 is 3.00 bits per heavy atom. The highest BCUT2D eigenvalue weighted by atomic mass is 35.5. The third-order valence-electron chi connectivity index (χ3n) is 2.61. The van der Waals surface area contributed by atoms with Crippen LogP contribution in [0.15, 0.2) is 0 Å². The Hall–Kier alpha value is -0.170. The Kier molecular flexibility index (Phi) is 7.28. The molecular weight excluding hydrogens is 295 g/mol. The van der Waals surface area contributed by atoms with Crippen molar-refractivity contribution < 1.29 is 23.7 Å². The molecule has 1 aliphatic heterocycles. The van der Waals surface area contributed by atoms with Crippen LogP contribution in [0.1, 0.15) is 13.3 Å². The van der Waals surface area contributed by atoms with E-state index in [4.69, 9.17) is 20.9 Å². The highest BCUT2D eigenvalue weighted by Gasteiger charge is 2.38. The fourth-order valence-electron chi connectivity index (χ4n) is 1.72. The molecule has 1 fully saturated rings. The molecule has 7 nitrogen and oxygen atoms in total. The van der Waals surface area contributed by atoms with Gasteiger partial charge in [-0.2, -0.15) is 0 Å². The number of esters is 1. The van der Waals surface area contributed by atoms with Crippen LogP contribution >= 0.6 is 19.3 Å². The number of hydrogen-bond donors (Lipinski definition) is 2. The summed E-state index contributed by atoms with van der Waals surface area (Å²) in [7, 11) is -3.35. The van der Waals surface area contributed by atoms with Gasteiger partial charge in [0.2, 0.25) is 0 Å². The van der Waals surface area contributed by atoms with Gasteiger partial charge in [-0.25, -0.2) is 9.76 Å². The molecule has 0 radical (unpaired) electrons. The summed E-state index contributed by atoms with van der Waals surface area (Å²) >= 11 is 5.66. The summed E-state index contributed by atoms with van der Waals surface area (Å²) in [5.74, 6) is -0.349. The molecular formula is C10H20ClN2O5P. The maximum atomic E-state index is 12.6. The fraction of sp³-hybridized carbons (Fsp3) is 0.900. The number of carbonyl (C=O) groups is 1. The third-order valence-corrected chi connectivity index (χ3v) is 5.10. The zero-order chi connectivity index (χ0) is 14.3. The Morgan fingerprint density at radius 2 is 2.42 bits per heavy atom. The predicted molar refractivity (Wildman–Crippen MR) is 71.1 cm³/mol. The maximum absolute atomic E-state index is 12.6. The molecule has 1 aliphatic rings. The van der Waals surface area contributed by atoms with E-state index in [1.807, 2.05) is 0 Å². The van der Waals surface area contributed by atoms with Crippen molar-refractivity contribution in [2.45, 2.75) is 19.4 Å². The molecule has 0 spiro atoms. The summed E-state index contributed by atoms with van der Waals surface area (Å²) in [6, 6.07) is -1.07. The minimum atomic E-state index is -3.35. The third kappa shape index (κ3) is 4.70. The molecule has 1 saturated heterocycles. The number of nitrogens with zero attached hydrogens (tertiary/aromatic N) is 1. The van der Waals surface area contributed by atoms with Gasteiger partial charge in [-0.3, -0.25) is 9.36 Å². The summed E-state index contributed by atoms with van der Waals surface area (Å²) in [4.78, 5) is 11.6. The molecule has 0 aromatic carbocycles. The van der Waals surface area contributed by atoms with Gasteiger partial charge in [-0.15, -0.1) is 11.6 Å². The SMILES string of the molecule is CCOC(=O)C(CO)NP1(=O)OCCCN1CCCl. The van der Waals surface area contributed by atoms with Crippen molar-refractivity contribution >= 4 is 25.2 Å². The lowest BCUT2D eigenvalue weighted by molar-refractivity contribution is -0.146. The number of aliphatic hydroxyl groups excluding tert-OH is 1. The first kappa shape index (κ1) is 16.9. The lowest BCUT2D eigenvalue weighted by Gasteiger charge is -2.35. The van der Waals surface area contributed by atoms with Crippen molar-refractivity contribution in [2.24, 2.45) is 0 Å². The second-order valence-corrected chi connectivity index (χ2v) is 6.47. The summed E-state index contributed by atoms with van der Waals surface area (Å²) in [5, 5.41) is 11.8. The van der Waals surface area contributed by atoms with Gasteiger partial charge in [0, 0.05) is 19.0 Å². The molecule has 0 saturated carbocycles. The molecule has 2 atom stereocenters. The minimum Gasteiger partial charge on any atom is -0.465 e. The summed E-state index contributed by atoms with van der Waals surface area (Å²) in [5.41, 5.74) is 0. The minimum absolute atomic E-state index is 0.188. The average Bonchev–Trinajstić information content (AvgIpc) is 2.39. The van der Waals surface area contributed by atoms with E-state index in [0.29, 0.717) is 25.6 Å². The first-order valence-electron chi connectivity index (χ1n) is 6.18. The van der Waals surface area contributed by atoms with Crippen LogP contribution in [0.5, 0.6) is 0 Å². The molecule has 2 N–H and O–H groups in total. The molecule has 1 rings (SSSR count). The van der Waals surface area contributed by atoms with Crippen LogP contribution in [0.25, 0.3) is 0 Å². The molecule has 9 heteroatoms. The van der Waals surface area contributed by atoms with Gasteiger partial charge in [0.1, 0.15) is 6.04 Å². The molecule has 112 valence electrons. The molecule has 19 heavy (non-hydrogen) atoms. The van der Waals surface area contributed by atoms with Gasteiger partial charge in [-0.1, -0.05) is 0 Å². The predicted octanol–water partition coefficient (Wildman–Crippen LogP) is 0.569. The van der Waals surface area contributed by atoms with Crippen molar-refractivity contribution in [1.82, 2.24) is 9.76 Å². The number of halogens is 1. The van der Waals surface area contributed by atoms with E-state index in [1.165, 1.54) is 0 Å². The lowest BCUT2D eigenvalue weighted by Crippen LogP contribution is -2.45. The zero-order valence-corrected chi connectivity index (χ0v) is 12.5. The van der Waals surface area contributed by atoms with Crippen LogP contribution in [-0.4, -0.2) is 60.6 Å². The van der Waals surface area contributed by atoms with Gasteiger partial charge in [0.25, 0.3) is 0 Å². The van der Waals surface area contributed by atoms with Gasteiger partial charge in [-0.05, 0) is 13.3 Å². The first-order chi connectivity index (χ1) is 9.07. The summed E-state index contributed by atoms with van der Waals surface area (Å²) in [6.45, 7) is 2.62. The molecule has 1 heterocycles. The standard InChI is InChI=1S/C10H20ClN2O5P/c1-2-17-10(15)9(8-14)12-19(16)13(6-4-11)5-3-7-18-19/h9,14H,2-8H2,1H3,(H,12,16). The summed E-state index contributed by atoms with van der Waals surface area (Å²) < 4.78 is 24.3. The number of nitrogens with one attached hydrogen (secondary N) is 1. The number of aliphatic hydroxyl groups is 1. The summed E-state index contributed by atoms with van der Waals surface area (Å²) in [6.07, 6.45) is 0.742. The number of rotatable bonds is 7.